The lowest BCUT2D eigenvalue weighted by Crippen LogP contribution is -2.26. The Morgan fingerprint density at radius 2 is 1.84 bits per heavy atom. The topological polar surface area (TPSA) is 103 Å². The van der Waals surface area contributed by atoms with Crippen LogP contribution in [-0.4, -0.2) is 42.2 Å². The third kappa shape index (κ3) is 4.84. The zero-order valence-electron chi connectivity index (χ0n) is 20.9. The summed E-state index contributed by atoms with van der Waals surface area (Å²) in [6.45, 7) is 2.39. The van der Waals surface area contributed by atoms with Gasteiger partial charge in [-0.1, -0.05) is 12.1 Å². The van der Waals surface area contributed by atoms with Crippen molar-refractivity contribution < 1.29 is 0 Å². The standard InChI is InChI=1S/C28H27BrN8O/c1-36-17-33-24(25(36)20-8-12-31-13-9-20)16-37-26-21(14-23(29)27(37)38)15-32-28(35-26)34-22-4-2-18(3-5-22)19-6-10-30-11-7-19/h2-5,8-9,12-15,17,19,30H,6-7,10-11,16H2,1H3,(H,32,34,35). The monoisotopic (exact) mass is 570 g/mol. The molecule has 6 rings (SSSR count). The van der Waals surface area contributed by atoms with Gasteiger partial charge in [0.1, 0.15) is 5.65 Å². The van der Waals surface area contributed by atoms with E-state index in [2.05, 4.69) is 65.8 Å². The number of hydrogen-bond acceptors (Lipinski definition) is 7. The average Bonchev–Trinajstić information content (AvgIpc) is 3.32. The summed E-state index contributed by atoms with van der Waals surface area (Å²) in [7, 11) is 1.94. The predicted octanol–water partition coefficient (Wildman–Crippen LogP) is 4.61. The number of nitrogens with one attached hydrogen (secondary N) is 2. The second-order valence-corrected chi connectivity index (χ2v) is 10.4. The van der Waals surface area contributed by atoms with Gasteiger partial charge in [0.25, 0.3) is 5.56 Å². The minimum Gasteiger partial charge on any atom is -0.333 e. The van der Waals surface area contributed by atoms with Gasteiger partial charge in [-0.15, -0.1) is 0 Å². The molecule has 5 heterocycles. The molecule has 1 aliphatic rings. The van der Waals surface area contributed by atoms with Crippen molar-refractivity contribution in [2.75, 3.05) is 18.4 Å². The van der Waals surface area contributed by atoms with Crippen LogP contribution in [-0.2, 0) is 13.6 Å². The van der Waals surface area contributed by atoms with Crippen LogP contribution >= 0.6 is 15.9 Å². The molecule has 0 saturated carbocycles. The van der Waals surface area contributed by atoms with Crippen LogP contribution in [0, 0.1) is 0 Å². The molecule has 38 heavy (non-hydrogen) atoms. The fraction of sp³-hybridized carbons (Fsp3) is 0.250. The largest absolute Gasteiger partial charge is 0.333 e. The van der Waals surface area contributed by atoms with Gasteiger partial charge in [0.05, 0.1) is 28.7 Å². The van der Waals surface area contributed by atoms with Crippen LogP contribution in [0.3, 0.4) is 0 Å². The third-order valence-electron chi connectivity index (χ3n) is 7.04. The van der Waals surface area contributed by atoms with Crippen LogP contribution in [0.2, 0.25) is 0 Å². The smallest absolute Gasteiger partial charge is 0.266 e. The molecule has 0 bridgehead atoms. The molecular formula is C28H27BrN8O. The molecule has 1 saturated heterocycles. The lowest BCUT2D eigenvalue weighted by molar-refractivity contribution is 0.460. The van der Waals surface area contributed by atoms with Gasteiger partial charge in [0.2, 0.25) is 5.95 Å². The summed E-state index contributed by atoms with van der Waals surface area (Å²) < 4.78 is 4.04. The number of imidazole rings is 1. The first-order chi connectivity index (χ1) is 18.6. The van der Waals surface area contributed by atoms with E-state index in [4.69, 9.17) is 4.98 Å². The highest BCUT2D eigenvalue weighted by Crippen LogP contribution is 2.27. The van der Waals surface area contributed by atoms with E-state index in [9.17, 15) is 4.79 Å². The first kappa shape index (κ1) is 24.4. The number of rotatable bonds is 6. The van der Waals surface area contributed by atoms with Gasteiger partial charge in [0, 0.05) is 42.3 Å². The Morgan fingerprint density at radius 1 is 1.08 bits per heavy atom. The Labute approximate surface area is 228 Å². The molecule has 0 spiro atoms. The molecule has 1 aliphatic heterocycles. The molecule has 5 aromatic rings. The summed E-state index contributed by atoms with van der Waals surface area (Å²) in [5.74, 6) is 1.02. The zero-order valence-corrected chi connectivity index (χ0v) is 22.5. The first-order valence-electron chi connectivity index (χ1n) is 12.6. The minimum atomic E-state index is -0.181. The van der Waals surface area contributed by atoms with Crippen LogP contribution < -0.4 is 16.2 Å². The van der Waals surface area contributed by atoms with Crippen molar-refractivity contribution in [3.63, 3.8) is 0 Å². The fourth-order valence-electron chi connectivity index (χ4n) is 5.08. The quantitative estimate of drug-likeness (QED) is 0.307. The van der Waals surface area contributed by atoms with Crippen molar-refractivity contribution in [3.8, 4) is 11.3 Å². The molecule has 0 amide bonds. The fourth-order valence-corrected chi connectivity index (χ4v) is 5.54. The highest BCUT2D eigenvalue weighted by atomic mass is 79.9. The Bertz CT molecular complexity index is 1640. The summed E-state index contributed by atoms with van der Waals surface area (Å²) >= 11 is 3.42. The summed E-state index contributed by atoms with van der Waals surface area (Å²) in [4.78, 5) is 31.3. The normalized spacial score (nSPS) is 14.2. The van der Waals surface area contributed by atoms with Gasteiger partial charge in [-0.25, -0.2) is 9.97 Å². The van der Waals surface area contributed by atoms with E-state index in [1.165, 1.54) is 5.56 Å². The van der Waals surface area contributed by atoms with Crippen molar-refractivity contribution in [3.05, 3.63) is 93.5 Å². The Hall–Kier alpha value is -3.89. The minimum absolute atomic E-state index is 0.181. The molecule has 0 atom stereocenters. The van der Waals surface area contributed by atoms with Gasteiger partial charge in [-0.2, -0.15) is 4.98 Å². The maximum absolute atomic E-state index is 13.3. The van der Waals surface area contributed by atoms with Crippen LogP contribution in [0.5, 0.6) is 0 Å². The number of nitrogens with zero attached hydrogens (tertiary/aromatic N) is 6. The van der Waals surface area contributed by atoms with Crippen molar-refractivity contribution in [1.82, 2.24) is 34.4 Å². The molecule has 4 aromatic heterocycles. The van der Waals surface area contributed by atoms with E-state index in [1.807, 2.05) is 23.7 Å². The average molecular weight is 571 g/mol. The van der Waals surface area contributed by atoms with Crippen molar-refractivity contribution >= 4 is 38.6 Å². The van der Waals surface area contributed by atoms with Crippen molar-refractivity contribution in [1.29, 1.82) is 0 Å². The molecule has 0 unspecified atom stereocenters. The molecule has 1 fully saturated rings. The molecular weight excluding hydrogens is 544 g/mol. The lowest BCUT2D eigenvalue weighted by Gasteiger charge is -2.23. The lowest BCUT2D eigenvalue weighted by atomic mass is 9.90. The Kier molecular flexibility index (Phi) is 6.73. The first-order valence-corrected chi connectivity index (χ1v) is 13.4. The van der Waals surface area contributed by atoms with Crippen molar-refractivity contribution in [2.24, 2.45) is 7.05 Å². The SMILES string of the molecule is Cn1cnc(Cn2c(=O)c(Br)cc3cnc(Nc4ccc(C5CCNCC5)cc4)nc32)c1-c1ccncc1. The zero-order chi connectivity index (χ0) is 26.1. The molecule has 2 N–H and O–H groups in total. The molecule has 0 aliphatic carbocycles. The van der Waals surface area contributed by atoms with Gasteiger partial charge in [0.15, 0.2) is 0 Å². The van der Waals surface area contributed by atoms with Crippen LogP contribution in [0.4, 0.5) is 11.6 Å². The maximum atomic E-state index is 13.3. The van der Waals surface area contributed by atoms with E-state index >= 15 is 0 Å². The molecule has 10 heteroatoms. The van der Waals surface area contributed by atoms with Crippen LogP contribution in [0.15, 0.2) is 76.6 Å². The number of benzene rings is 1. The van der Waals surface area contributed by atoms with Gasteiger partial charge in [-0.3, -0.25) is 14.3 Å². The predicted molar refractivity (Wildman–Crippen MR) is 152 cm³/mol. The number of aromatic nitrogens is 6. The Balaban J connectivity index is 1.33. The van der Waals surface area contributed by atoms with Gasteiger partial charge >= 0.3 is 0 Å². The van der Waals surface area contributed by atoms with E-state index in [0.29, 0.717) is 22.0 Å². The van der Waals surface area contributed by atoms with E-state index in [-0.39, 0.29) is 12.1 Å². The van der Waals surface area contributed by atoms with Crippen LogP contribution in [0.25, 0.3) is 22.3 Å². The molecule has 0 radical (unpaired) electrons. The summed E-state index contributed by atoms with van der Waals surface area (Å²) in [6, 6.07) is 14.1. The number of pyridine rings is 2. The van der Waals surface area contributed by atoms with Gasteiger partial charge < -0.3 is 15.2 Å². The number of anilines is 2. The summed E-state index contributed by atoms with van der Waals surface area (Å²) in [5, 5.41) is 7.48. The Morgan fingerprint density at radius 3 is 2.61 bits per heavy atom. The summed E-state index contributed by atoms with van der Waals surface area (Å²) in [5.41, 5.74) is 5.28. The number of halogens is 1. The number of aryl methyl sites for hydroxylation is 1. The van der Waals surface area contributed by atoms with Gasteiger partial charge in [-0.05, 0) is 83.7 Å². The number of fused-ring (bicyclic) bond motifs is 1. The number of piperidine rings is 1. The third-order valence-corrected chi connectivity index (χ3v) is 7.60. The second kappa shape index (κ2) is 10.5. The van der Waals surface area contributed by atoms with E-state index in [1.54, 1.807) is 35.6 Å². The molecule has 192 valence electrons. The second-order valence-electron chi connectivity index (χ2n) is 9.51. The van der Waals surface area contributed by atoms with E-state index in [0.717, 1.165) is 54.0 Å². The maximum Gasteiger partial charge on any atom is 0.266 e. The van der Waals surface area contributed by atoms with Crippen LogP contribution in [0.1, 0.15) is 30.0 Å². The number of hydrogen-bond donors (Lipinski definition) is 2. The molecule has 9 nitrogen and oxygen atoms in total. The summed E-state index contributed by atoms with van der Waals surface area (Å²) in [6.07, 6.45) is 9.30. The highest BCUT2D eigenvalue weighted by Gasteiger charge is 2.17. The molecule has 1 aromatic carbocycles. The highest BCUT2D eigenvalue weighted by molar-refractivity contribution is 9.10. The van der Waals surface area contributed by atoms with E-state index < -0.39 is 0 Å². The van der Waals surface area contributed by atoms with Crippen molar-refractivity contribution in [2.45, 2.75) is 25.3 Å².